The third-order valence-corrected chi connectivity index (χ3v) is 3.59. The van der Waals surface area contributed by atoms with E-state index in [-0.39, 0.29) is 5.28 Å². The first-order chi connectivity index (χ1) is 11.2. The Labute approximate surface area is 140 Å². The van der Waals surface area contributed by atoms with Gasteiger partial charge in [0.1, 0.15) is 0 Å². The van der Waals surface area contributed by atoms with Crippen molar-refractivity contribution in [2.75, 3.05) is 0 Å². The van der Waals surface area contributed by atoms with Crippen molar-refractivity contribution >= 4 is 23.8 Å². The Balaban J connectivity index is 2.03. The lowest BCUT2D eigenvalue weighted by molar-refractivity contribution is 1.07. The van der Waals surface area contributed by atoms with E-state index in [2.05, 4.69) is 28.1 Å². The van der Waals surface area contributed by atoms with Crippen LogP contribution in [0.2, 0.25) is 5.28 Å². The Hall–Kier alpha value is -2.78. The van der Waals surface area contributed by atoms with Gasteiger partial charge in [-0.3, -0.25) is 0 Å². The van der Waals surface area contributed by atoms with Gasteiger partial charge in [0.05, 0.1) is 0 Å². The zero-order chi connectivity index (χ0) is 16.2. The van der Waals surface area contributed by atoms with E-state index in [1.165, 1.54) is 0 Å². The quantitative estimate of drug-likeness (QED) is 0.668. The van der Waals surface area contributed by atoms with Crippen LogP contribution in [0.4, 0.5) is 0 Å². The van der Waals surface area contributed by atoms with Gasteiger partial charge in [-0.25, -0.2) is 4.98 Å². The average molecular weight is 320 g/mol. The molecule has 0 radical (unpaired) electrons. The van der Waals surface area contributed by atoms with Gasteiger partial charge in [-0.15, -0.1) is 0 Å². The molecule has 3 aromatic rings. The van der Waals surface area contributed by atoms with Crippen LogP contribution in [-0.4, -0.2) is 15.0 Å². The molecule has 1 aromatic heterocycles. The van der Waals surface area contributed by atoms with Crippen LogP contribution in [0, 0.1) is 0 Å². The maximum Gasteiger partial charge on any atom is 0.226 e. The molecule has 0 unspecified atom stereocenters. The van der Waals surface area contributed by atoms with Crippen LogP contribution in [0.1, 0.15) is 11.1 Å². The van der Waals surface area contributed by atoms with Crippen molar-refractivity contribution in [3.8, 4) is 22.8 Å². The highest BCUT2D eigenvalue weighted by atomic mass is 35.5. The molecule has 0 aliphatic rings. The van der Waals surface area contributed by atoms with E-state index in [1.54, 1.807) is 12.2 Å². The fourth-order valence-corrected chi connectivity index (χ4v) is 2.30. The first-order valence-corrected chi connectivity index (χ1v) is 7.45. The fraction of sp³-hybridized carbons (Fsp3) is 0. The van der Waals surface area contributed by atoms with Crippen LogP contribution < -0.4 is 0 Å². The Morgan fingerprint density at radius 2 is 1.04 bits per heavy atom. The van der Waals surface area contributed by atoms with Crippen LogP contribution in [0.15, 0.2) is 61.7 Å². The zero-order valence-corrected chi connectivity index (χ0v) is 13.2. The molecule has 2 aromatic carbocycles. The van der Waals surface area contributed by atoms with Gasteiger partial charge in [0.25, 0.3) is 0 Å². The summed E-state index contributed by atoms with van der Waals surface area (Å²) in [4.78, 5) is 13.0. The monoisotopic (exact) mass is 319 g/mol. The number of halogens is 1. The lowest BCUT2D eigenvalue weighted by Crippen LogP contribution is -1.97. The summed E-state index contributed by atoms with van der Waals surface area (Å²) in [5.74, 6) is 1.09. The molecule has 112 valence electrons. The van der Waals surface area contributed by atoms with E-state index < -0.39 is 0 Å². The van der Waals surface area contributed by atoms with Crippen LogP contribution in [0.3, 0.4) is 0 Å². The Kier molecular flexibility index (Phi) is 4.31. The second kappa shape index (κ2) is 6.55. The van der Waals surface area contributed by atoms with E-state index >= 15 is 0 Å². The molecule has 0 saturated carbocycles. The third-order valence-electron chi connectivity index (χ3n) is 3.42. The summed E-state index contributed by atoms with van der Waals surface area (Å²) >= 11 is 6.07. The van der Waals surface area contributed by atoms with Crippen molar-refractivity contribution in [1.82, 2.24) is 15.0 Å². The van der Waals surface area contributed by atoms with Crippen molar-refractivity contribution in [2.45, 2.75) is 0 Å². The summed E-state index contributed by atoms with van der Waals surface area (Å²) in [6.07, 6.45) is 3.58. The van der Waals surface area contributed by atoms with Crippen LogP contribution >= 0.6 is 11.6 Å². The fourth-order valence-electron chi connectivity index (χ4n) is 2.14. The molecule has 0 saturated heterocycles. The highest BCUT2D eigenvalue weighted by molar-refractivity contribution is 6.28. The number of hydrogen-bond acceptors (Lipinski definition) is 3. The first kappa shape index (κ1) is 15.1. The normalized spacial score (nSPS) is 10.3. The summed E-state index contributed by atoms with van der Waals surface area (Å²) in [5.41, 5.74) is 3.83. The van der Waals surface area contributed by atoms with Crippen molar-refractivity contribution < 1.29 is 0 Å². The Morgan fingerprint density at radius 1 is 0.652 bits per heavy atom. The summed E-state index contributed by atoms with van der Waals surface area (Å²) in [5, 5.41) is 0.172. The topological polar surface area (TPSA) is 38.7 Å². The maximum absolute atomic E-state index is 6.07. The van der Waals surface area contributed by atoms with Crippen molar-refractivity contribution in [1.29, 1.82) is 0 Å². The average Bonchev–Trinajstić information content (AvgIpc) is 2.61. The number of benzene rings is 2. The second-order valence-corrected chi connectivity index (χ2v) is 5.24. The number of rotatable bonds is 4. The molecule has 0 bridgehead atoms. The predicted molar refractivity (Wildman–Crippen MR) is 95.9 cm³/mol. The largest absolute Gasteiger partial charge is 0.226 e. The molecule has 0 aliphatic carbocycles. The molecule has 3 rings (SSSR count). The van der Waals surface area contributed by atoms with Crippen molar-refractivity contribution in [3.05, 3.63) is 78.1 Å². The SMILES string of the molecule is C=Cc1ccc(-c2nc(Cl)nc(-c3ccc(C=C)cc3)n2)cc1. The standard InChI is InChI=1S/C19H14ClN3/c1-3-13-5-9-15(10-6-13)17-21-18(23-19(20)22-17)16-11-7-14(4-2)8-12-16/h3-12H,1-2H2. The molecule has 1 heterocycles. The van der Waals surface area contributed by atoms with E-state index in [0.29, 0.717) is 11.6 Å². The minimum Gasteiger partial charge on any atom is -0.208 e. The number of hydrogen-bond donors (Lipinski definition) is 0. The van der Waals surface area contributed by atoms with E-state index in [0.717, 1.165) is 22.3 Å². The van der Waals surface area contributed by atoms with Crippen LogP contribution in [0.5, 0.6) is 0 Å². The molecule has 3 nitrogen and oxygen atoms in total. The molecular formula is C19H14ClN3. The van der Waals surface area contributed by atoms with Gasteiger partial charge >= 0.3 is 0 Å². The molecule has 0 fully saturated rings. The number of aromatic nitrogens is 3. The number of nitrogens with zero attached hydrogens (tertiary/aromatic N) is 3. The van der Waals surface area contributed by atoms with Gasteiger partial charge in [-0.1, -0.05) is 73.8 Å². The lowest BCUT2D eigenvalue weighted by Gasteiger charge is -2.05. The molecule has 23 heavy (non-hydrogen) atoms. The Bertz CT molecular complexity index is 783. The van der Waals surface area contributed by atoms with Gasteiger partial charge < -0.3 is 0 Å². The molecule has 0 N–H and O–H groups in total. The molecule has 0 atom stereocenters. The highest BCUT2D eigenvalue weighted by Crippen LogP contribution is 2.22. The summed E-state index contributed by atoms with van der Waals surface area (Å²) < 4.78 is 0. The van der Waals surface area contributed by atoms with Crippen molar-refractivity contribution in [3.63, 3.8) is 0 Å². The van der Waals surface area contributed by atoms with Crippen LogP contribution in [-0.2, 0) is 0 Å². The molecular weight excluding hydrogens is 306 g/mol. The van der Waals surface area contributed by atoms with Gasteiger partial charge in [-0.05, 0) is 22.7 Å². The molecule has 0 aliphatic heterocycles. The third kappa shape index (κ3) is 3.35. The van der Waals surface area contributed by atoms with Crippen molar-refractivity contribution in [2.24, 2.45) is 0 Å². The molecule has 0 amide bonds. The zero-order valence-electron chi connectivity index (χ0n) is 12.4. The minimum absolute atomic E-state index is 0.172. The van der Waals surface area contributed by atoms with Gasteiger partial charge in [0.15, 0.2) is 11.6 Å². The van der Waals surface area contributed by atoms with Gasteiger partial charge in [-0.2, -0.15) is 9.97 Å². The lowest BCUT2D eigenvalue weighted by atomic mass is 10.1. The van der Waals surface area contributed by atoms with E-state index in [1.807, 2.05) is 48.5 Å². The predicted octanol–water partition coefficient (Wildman–Crippen LogP) is 5.15. The highest BCUT2D eigenvalue weighted by Gasteiger charge is 2.09. The van der Waals surface area contributed by atoms with E-state index in [4.69, 9.17) is 11.6 Å². The van der Waals surface area contributed by atoms with Gasteiger partial charge in [0.2, 0.25) is 5.28 Å². The maximum atomic E-state index is 6.07. The molecule has 0 spiro atoms. The van der Waals surface area contributed by atoms with Crippen LogP contribution in [0.25, 0.3) is 34.9 Å². The Morgan fingerprint density at radius 3 is 1.39 bits per heavy atom. The summed E-state index contributed by atoms with van der Waals surface area (Å²) in [6.45, 7) is 7.49. The summed E-state index contributed by atoms with van der Waals surface area (Å²) in [6, 6.07) is 15.6. The van der Waals surface area contributed by atoms with Gasteiger partial charge in [0, 0.05) is 11.1 Å². The molecule has 4 heteroatoms. The summed E-state index contributed by atoms with van der Waals surface area (Å²) in [7, 11) is 0. The second-order valence-electron chi connectivity index (χ2n) is 4.90. The first-order valence-electron chi connectivity index (χ1n) is 7.07. The smallest absolute Gasteiger partial charge is 0.208 e. The minimum atomic E-state index is 0.172. The van der Waals surface area contributed by atoms with E-state index in [9.17, 15) is 0 Å².